The third-order valence-corrected chi connectivity index (χ3v) is 3.09. The summed E-state index contributed by atoms with van der Waals surface area (Å²) in [5.74, 6) is 1.42. The van der Waals surface area contributed by atoms with E-state index in [9.17, 15) is 0 Å². The Bertz CT molecular complexity index is 481. The van der Waals surface area contributed by atoms with Gasteiger partial charge >= 0.3 is 0 Å². The first-order valence-electron chi connectivity index (χ1n) is 4.51. The molecule has 2 aromatic rings. The Kier molecular flexibility index (Phi) is 2.75. The van der Waals surface area contributed by atoms with E-state index in [4.69, 9.17) is 15.2 Å². The largest absolute Gasteiger partial charge is 0.493 e. The number of fused-ring (bicyclic) bond motifs is 1. The van der Waals surface area contributed by atoms with Crippen LogP contribution in [0.1, 0.15) is 5.69 Å². The van der Waals surface area contributed by atoms with Crippen LogP contribution in [-0.4, -0.2) is 18.6 Å². The zero-order valence-corrected chi connectivity index (χ0v) is 9.43. The highest BCUT2D eigenvalue weighted by molar-refractivity contribution is 7.13. The maximum atomic E-state index is 5.62. The van der Waals surface area contributed by atoms with E-state index in [2.05, 4.69) is 4.37 Å². The Morgan fingerprint density at radius 3 is 2.73 bits per heavy atom. The van der Waals surface area contributed by atoms with Crippen LogP contribution >= 0.6 is 11.5 Å². The maximum Gasteiger partial charge on any atom is 0.171 e. The second-order valence-corrected chi connectivity index (χ2v) is 3.81. The summed E-state index contributed by atoms with van der Waals surface area (Å²) in [4.78, 5) is 0. The normalized spacial score (nSPS) is 10.6. The molecule has 5 heteroatoms. The summed E-state index contributed by atoms with van der Waals surface area (Å²) in [5, 5.41) is 0.962. The quantitative estimate of drug-likeness (QED) is 0.863. The van der Waals surface area contributed by atoms with Crippen molar-refractivity contribution in [2.24, 2.45) is 5.73 Å². The van der Waals surface area contributed by atoms with E-state index in [1.807, 2.05) is 12.1 Å². The molecule has 0 aliphatic rings. The number of hydrogen-bond donors (Lipinski definition) is 1. The number of ether oxygens (including phenoxy) is 2. The zero-order valence-electron chi connectivity index (χ0n) is 8.61. The van der Waals surface area contributed by atoms with Gasteiger partial charge in [0.2, 0.25) is 0 Å². The summed E-state index contributed by atoms with van der Waals surface area (Å²) in [5.41, 5.74) is 6.48. The van der Waals surface area contributed by atoms with E-state index in [-0.39, 0.29) is 0 Å². The van der Waals surface area contributed by atoms with Crippen molar-refractivity contribution in [2.75, 3.05) is 14.2 Å². The highest BCUT2D eigenvalue weighted by Crippen LogP contribution is 2.38. The molecule has 80 valence electrons. The fourth-order valence-electron chi connectivity index (χ4n) is 1.55. The molecule has 0 aliphatic carbocycles. The summed E-state index contributed by atoms with van der Waals surface area (Å²) in [7, 11) is 3.24. The molecule has 1 heterocycles. The monoisotopic (exact) mass is 224 g/mol. The summed E-state index contributed by atoms with van der Waals surface area (Å²) >= 11 is 1.42. The number of hydrogen-bond acceptors (Lipinski definition) is 5. The molecule has 0 atom stereocenters. The van der Waals surface area contributed by atoms with Crippen molar-refractivity contribution >= 4 is 21.6 Å². The molecule has 4 nitrogen and oxygen atoms in total. The molecule has 0 bridgehead atoms. The van der Waals surface area contributed by atoms with Gasteiger partial charge in [0.05, 0.1) is 30.0 Å². The molecule has 0 saturated heterocycles. The van der Waals surface area contributed by atoms with Gasteiger partial charge in [-0.15, -0.1) is 0 Å². The molecule has 0 radical (unpaired) electrons. The van der Waals surface area contributed by atoms with Crippen molar-refractivity contribution < 1.29 is 9.47 Å². The number of benzene rings is 1. The molecule has 0 unspecified atom stereocenters. The van der Waals surface area contributed by atoms with Crippen LogP contribution in [0, 0.1) is 0 Å². The van der Waals surface area contributed by atoms with Gasteiger partial charge in [-0.25, -0.2) is 0 Å². The topological polar surface area (TPSA) is 57.4 Å². The minimum Gasteiger partial charge on any atom is -0.493 e. The van der Waals surface area contributed by atoms with Crippen LogP contribution in [0.5, 0.6) is 11.5 Å². The lowest BCUT2D eigenvalue weighted by Crippen LogP contribution is -1.98. The third kappa shape index (κ3) is 1.53. The van der Waals surface area contributed by atoms with Gasteiger partial charge < -0.3 is 15.2 Å². The number of methoxy groups -OCH3 is 2. The molecule has 2 N–H and O–H groups in total. The smallest absolute Gasteiger partial charge is 0.171 e. The van der Waals surface area contributed by atoms with E-state index < -0.39 is 0 Å². The second-order valence-electron chi connectivity index (χ2n) is 3.01. The van der Waals surface area contributed by atoms with Crippen molar-refractivity contribution in [1.82, 2.24) is 4.37 Å². The molecule has 0 aliphatic heterocycles. The molecule has 0 fully saturated rings. The van der Waals surface area contributed by atoms with Crippen LogP contribution < -0.4 is 15.2 Å². The molecule has 2 rings (SSSR count). The third-order valence-electron chi connectivity index (χ3n) is 2.24. The van der Waals surface area contributed by atoms with Crippen molar-refractivity contribution in [3.63, 3.8) is 0 Å². The standard InChI is InChI=1S/C10H12N2O2S/c1-13-7-3-4-8-9(10(7)14-2)6(5-11)12-15-8/h3-4H,5,11H2,1-2H3. The van der Waals surface area contributed by atoms with Crippen molar-refractivity contribution in [3.8, 4) is 11.5 Å². The van der Waals surface area contributed by atoms with Gasteiger partial charge in [0.25, 0.3) is 0 Å². The average molecular weight is 224 g/mol. The van der Waals surface area contributed by atoms with Crippen molar-refractivity contribution in [1.29, 1.82) is 0 Å². The number of nitrogens with zero attached hydrogens (tertiary/aromatic N) is 1. The van der Waals surface area contributed by atoms with E-state index in [1.54, 1.807) is 14.2 Å². The van der Waals surface area contributed by atoms with Crippen LogP contribution in [0.3, 0.4) is 0 Å². The Hall–Kier alpha value is -1.33. The fraction of sp³-hybridized carbons (Fsp3) is 0.300. The van der Waals surface area contributed by atoms with Gasteiger partial charge in [-0.2, -0.15) is 4.37 Å². The molecule has 0 saturated carbocycles. The highest BCUT2D eigenvalue weighted by atomic mass is 32.1. The lowest BCUT2D eigenvalue weighted by molar-refractivity contribution is 0.358. The number of nitrogens with two attached hydrogens (primary N) is 1. The Morgan fingerprint density at radius 2 is 2.13 bits per heavy atom. The van der Waals surface area contributed by atoms with Crippen LogP contribution in [0.4, 0.5) is 0 Å². The highest BCUT2D eigenvalue weighted by Gasteiger charge is 2.14. The first-order valence-corrected chi connectivity index (χ1v) is 5.28. The van der Waals surface area contributed by atoms with Crippen LogP contribution in [0.25, 0.3) is 10.1 Å². The molecule has 1 aromatic heterocycles. The molecular formula is C10H12N2O2S. The van der Waals surface area contributed by atoms with E-state index in [0.717, 1.165) is 15.8 Å². The van der Waals surface area contributed by atoms with Crippen LogP contribution in [0.15, 0.2) is 12.1 Å². The number of aromatic nitrogens is 1. The minimum absolute atomic E-state index is 0.406. The van der Waals surface area contributed by atoms with E-state index in [0.29, 0.717) is 18.0 Å². The Balaban J connectivity index is 2.77. The van der Waals surface area contributed by atoms with Gasteiger partial charge in [0.1, 0.15) is 0 Å². The fourth-order valence-corrected chi connectivity index (χ4v) is 2.35. The maximum absolute atomic E-state index is 5.62. The van der Waals surface area contributed by atoms with Crippen LogP contribution in [-0.2, 0) is 6.54 Å². The molecule has 1 aromatic carbocycles. The molecule has 0 amide bonds. The van der Waals surface area contributed by atoms with Crippen LogP contribution in [0.2, 0.25) is 0 Å². The summed E-state index contributed by atoms with van der Waals surface area (Å²) < 4.78 is 15.9. The lowest BCUT2D eigenvalue weighted by Gasteiger charge is -2.08. The molecule has 0 spiro atoms. The van der Waals surface area contributed by atoms with Crippen molar-refractivity contribution in [3.05, 3.63) is 17.8 Å². The lowest BCUT2D eigenvalue weighted by atomic mass is 10.2. The Morgan fingerprint density at radius 1 is 1.33 bits per heavy atom. The zero-order chi connectivity index (χ0) is 10.8. The van der Waals surface area contributed by atoms with Gasteiger partial charge in [-0.3, -0.25) is 0 Å². The van der Waals surface area contributed by atoms with E-state index >= 15 is 0 Å². The second kappa shape index (κ2) is 4.04. The average Bonchev–Trinajstić information content (AvgIpc) is 2.70. The van der Waals surface area contributed by atoms with Gasteiger partial charge in [0.15, 0.2) is 11.5 Å². The van der Waals surface area contributed by atoms with Crippen molar-refractivity contribution in [2.45, 2.75) is 6.54 Å². The number of rotatable bonds is 3. The summed E-state index contributed by atoms with van der Waals surface area (Å²) in [6.07, 6.45) is 0. The molecular weight excluding hydrogens is 212 g/mol. The predicted molar refractivity (Wildman–Crippen MR) is 60.6 cm³/mol. The predicted octanol–water partition coefficient (Wildman–Crippen LogP) is 1.77. The summed E-state index contributed by atoms with van der Waals surface area (Å²) in [6.45, 7) is 0.406. The molecule has 15 heavy (non-hydrogen) atoms. The SMILES string of the molecule is COc1ccc2snc(CN)c2c1OC. The first kappa shape index (κ1) is 10.2. The van der Waals surface area contributed by atoms with Gasteiger partial charge in [-0.1, -0.05) is 0 Å². The first-order chi connectivity index (χ1) is 7.31. The van der Waals surface area contributed by atoms with E-state index in [1.165, 1.54) is 11.5 Å². The Labute approximate surface area is 91.8 Å². The summed E-state index contributed by atoms with van der Waals surface area (Å²) in [6, 6.07) is 3.84. The van der Waals surface area contributed by atoms with Gasteiger partial charge in [-0.05, 0) is 23.7 Å². The van der Waals surface area contributed by atoms with Gasteiger partial charge in [0, 0.05) is 6.54 Å². The minimum atomic E-state index is 0.406.